The zero-order valence-electron chi connectivity index (χ0n) is 19.8. The average Bonchev–Trinajstić information content (AvgIpc) is 3.19. The Kier molecular flexibility index (Phi) is 5.94. The minimum atomic E-state index is 0.0189. The second-order valence-corrected chi connectivity index (χ2v) is 10.7. The highest BCUT2D eigenvalue weighted by molar-refractivity contribution is 7.18. The monoisotopic (exact) mass is 457 g/mol. The molecule has 0 spiro atoms. The van der Waals surface area contributed by atoms with Crippen molar-refractivity contribution < 1.29 is 4.79 Å². The second-order valence-electron chi connectivity index (χ2n) is 9.47. The molecule has 1 aromatic carbocycles. The molecule has 33 heavy (non-hydrogen) atoms. The molecule has 0 N–H and O–H groups in total. The summed E-state index contributed by atoms with van der Waals surface area (Å²) < 4.78 is 1.17. The van der Waals surface area contributed by atoms with Gasteiger partial charge in [-0.25, -0.2) is 4.98 Å². The molecular weight excluding hydrogens is 426 g/mol. The van der Waals surface area contributed by atoms with E-state index in [0.29, 0.717) is 6.04 Å². The van der Waals surface area contributed by atoms with E-state index in [-0.39, 0.29) is 11.8 Å². The summed E-state index contributed by atoms with van der Waals surface area (Å²) >= 11 is 1.70. The molecule has 4 heterocycles. The third kappa shape index (κ3) is 4.40. The molecule has 1 unspecified atom stereocenters. The fraction of sp³-hybridized carbons (Fsp3) is 0.357. The van der Waals surface area contributed by atoms with Crippen molar-refractivity contribution in [1.29, 1.82) is 0 Å². The van der Waals surface area contributed by atoms with Gasteiger partial charge in [0.1, 0.15) is 0 Å². The first-order chi connectivity index (χ1) is 15.9. The molecule has 170 valence electrons. The lowest BCUT2D eigenvalue weighted by atomic mass is 9.88. The number of aryl methyl sites for hydroxylation is 1. The quantitative estimate of drug-likeness (QED) is 0.548. The number of hydrogen-bond donors (Lipinski definition) is 0. The normalized spacial score (nSPS) is 21.9. The van der Waals surface area contributed by atoms with Gasteiger partial charge in [0.05, 0.1) is 15.2 Å². The molecule has 3 aliphatic rings. The van der Waals surface area contributed by atoms with Gasteiger partial charge in [-0.1, -0.05) is 31.2 Å². The predicted molar refractivity (Wildman–Crippen MR) is 138 cm³/mol. The van der Waals surface area contributed by atoms with Crippen molar-refractivity contribution in [3.8, 4) is 0 Å². The fourth-order valence-corrected chi connectivity index (χ4v) is 5.70. The van der Waals surface area contributed by atoms with Crippen LogP contribution in [-0.4, -0.2) is 39.8 Å². The molecule has 5 heteroatoms. The predicted octanol–water partition coefficient (Wildman–Crippen LogP) is 6.23. The third-order valence-corrected chi connectivity index (χ3v) is 7.81. The van der Waals surface area contributed by atoms with E-state index >= 15 is 0 Å². The van der Waals surface area contributed by atoms with Crippen LogP contribution >= 0.6 is 11.3 Å². The van der Waals surface area contributed by atoms with Gasteiger partial charge < -0.3 is 0 Å². The maximum Gasteiger partial charge on any atom is 0.255 e. The van der Waals surface area contributed by atoms with Crippen molar-refractivity contribution in [2.75, 3.05) is 13.1 Å². The Balaban J connectivity index is 1.45. The van der Waals surface area contributed by atoms with Gasteiger partial charge in [0.2, 0.25) is 0 Å². The Bertz CT molecular complexity index is 1260. The lowest BCUT2D eigenvalue weighted by Gasteiger charge is -2.32. The minimum absolute atomic E-state index is 0.0189. The van der Waals surface area contributed by atoms with Crippen LogP contribution in [0.15, 0.2) is 71.6 Å². The summed E-state index contributed by atoms with van der Waals surface area (Å²) in [6, 6.07) is 6.92. The standard InChI is InChI=1S/C28H31N3OS/c1-18(2)30-13-11-21(12-14-30)23-6-9-24-8-5-19(3)25(16-28(32)31(24)17-23)22-7-10-26-27(15-22)33-20(4)29-26/h6-11,15-19H,5,12-14H2,1-4H3. The van der Waals surface area contributed by atoms with E-state index in [1.165, 1.54) is 10.3 Å². The maximum atomic E-state index is 13.5. The van der Waals surface area contributed by atoms with Gasteiger partial charge in [0.15, 0.2) is 0 Å². The largest absolute Gasteiger partial charge is 0.297 e. The number of thiazole rings is 1. The van der Waals surface area contributed by atoms with Crippen LogP contribution < -0.4 is 0 Å². The van der Waals surface area contributed by atoms with Crippen molar-refractivity contribution in [3.05, 3.63) is 82.2 Å². The molecule has 2 aromatic rings. The van der Waals surface area contributed by atoms with Gasteiger partial charge in [-0.2, -0.15) is 0 Å². The molecule has 0 bridgehead atoms. The topological polar surface area (TPSA) is 36.4 Å². The first kappa shape index (κ1) is 22.1. The molecule has 0 saturated heterocycles. The summed E-state index contributed by atoms with van der Waals surface area (Å²) in [4.78, 5) is 22.3. The molecule has 0 fully saturated rings. The fourth-order valence-electron chi connectivity index (χ4n) is 4.83. The molecule has 0 saturated carbocycles. The molecule has 1 amide bonds. The first-order valence-corrected chi connectivity index (χ1v) is 12.7. The van der Waals surface area contributed by atoms with Gasteiger partial charge in [-0.15, -0.1) is 11.3 Å². The average molecular weight is 458 g/mol. The van der Waals surface area contributed by atoms with E-state index in [1.807, 2.05) is 24.1 Å². The number of aromatic nitrogens is 1. The van der Waals surface area contributed by atoms with Crippen LogP contribution in [0.3, 0.4) is 0 Å². The smallest absolute Gasteiger partial charge is 0.255 e. The SMILES string of the molecule is Cc1nc2ccc(C3=CC(=O)N4C=C(C5=CCN(C(C)C)CC5)C=CC4=CCC3C)cc2s1. The number of carbonyl (C=O) groups is 1. The van der Waals surface area contributed by atoms with E-state index < -0.39 is 0 Å². The van der Waals surface area contributed by atoms with Gasteiger partial charge >= 0.3 is 0 Å². The number of fused-ring (bicyclic) bond motifs is 2. The number of carbonyl (C=O) groups excluding carboxylic acids is 1. The van der Waals surface area contributed by atoms with E-state index in [0.717, 1.165) is 58.9 Å². The summed E-state index contributed by atoms with van der Waals surface area (Å²) in [7, 11) is 0. The molecule has 5 rings (SSSR count). The van der Waals surface area contributed by atoms with Gasteiger partial charge in [-0.05, 0) is 80.0 Å². The van der Waals surface area contributed by atoms with Crippen LogP contribution in [0, 0.1) is 12.8 Å². The van der Waals surface area contributed by atoms with E-state index in [2.05, 4.69) is 73.2 Å². The van der Waals surface area contributed by atoms with E-state index in [9.17, 15) is 4.79 Å². The number of benzene rings is 1. The van der Waals surface area contributed by atoms with Crippen LogP contribution in [-0.2, 0) is 4.79 Å². The molecule has 3 aliphatic heterocycles. The summed E-state index contributed by atoms with van der Waals surface area (Å²) in [5, 5.41) is 1.07. The van der Waals surface area contributed by atoms with Gasteiger partial charge in [0.25, 0.3) is 5.91 Å². The lowest BCUT2D eigenvalue weighted by Crippen LogP contribution is -2.35. The Hall–Kier alpha value is -2.76. The lowest BCUT2D eigenvalue weighted by molar-refractivity contribution is -0.122. The molecule has 0 aliphatic carbocycles. The highest BCUT2D eigenvalue weighted by atomic mass is 32.1. The van der Waals surface area contributed by atoms with Crippen molar-refractivity contribution in [2.24, 2.45) is 5.92 Å². The van der Waals surface area contributed by atoms with Crippen molar-refractivity contribution in [2.45, 2.75) is 46.6 Å². The van der Waals surface area contributed by atoms with Crippen molar-refractivity contribution >= 4 is 33.0 Å². The zero-order valence-corrected chi connectivity index (χ0v) is 20.7. The van der Waals surface area contributed by atoms with Gasteiger partial charge in [0, 0.05) is 37.1 Å². The number of hydrogen-bond acceptors (Lipinski definition) is 4. The molecule has 1 atom stereocenters. The zero-order chi connectivity index (χ0) is 23.1. The summed E-state index contributed by atoms with van der Waals surface area (Å²) in [6.45, 7) is 10.8. The highest BCUT2D eigenvalue weighted by Crippen LogP contribution is 2.34. The summed E-state index contributed by atoms with van der Waals surface area (Å²) in [5.74, 6) is 0.280. The molecule has 0 radical (unpaired) electrons. The van der Waals surface area contributed by atoms with Crippen LogP contribution in [0.5, 0.6) is 0 Å². The third-order valence-electron chi connectivity index (χ3n) is 6.88. The Morgan fingerprint density at radius 3 is 2.79 bits per heavy atom. The number of rotatable bonds is 3. The van der Waals surface area contributed by atoms with Crippen LogP contribution in [0.25, 0.3) is 15.8 Å². The Morgan fingerprint density at radius 2 is 2.03 bits per heavy atom. The minimum Gasteiger partial charge on any atom is -0.297 e. The van der Waals surface area contributed by atoms with E-state index in [1.54, 1.807) is 11.3 Å². The van der Waals surface area contributed by atoms with Crippen molar-refractivity contribution in [1.82, 2.24) is 14.8 Å². The molecule has 4 nitrogen and oxygen atoms in total. The molecular formula is C28H31N3OS. The second kappa shape index (κ2) is 8.88. The molecule has 1 aromatic heterocycles. The number of allylic oxidation sites excluding steroid dienone is 5. The van der Waals surface area contributed by atoms with Crippen LogP contribution in [0.1, 0.15) is 44.2 Å². The Labute approximate surface area is 200 Å². The van der Waals surface area contributed by atoms with E-state index in [4.69, 9.17) is 0 Å². The maximum absolute atomic E-state index is 13.5. The van der Waals surface area contributed by atoms with Gasteiger partial charge in [-0.3, -0.25) is 14.6 Å². The summed E-state index contributed by atoms with van der Waals surface area (Å²) in [5.41, 5.74) is 6.69. The number of nitrogens with zero attached hydrogens (tertiary/aromatic N) is 3. The van der Waals surface area contributed by atoms with Crippen LogP contribution in [0.4, 0.5) is 0 Å². The summed E-state index contributed by atoms with van der Waals surface area (Å²) in [6.07, 6.45) is 14.6. The van der Waals surface area contributed by atoms with Crippen molar-refractivity contribution in [3.63, 3.8) is 0 Å². The highest BCUT2D eigenvalue weighted by Gasteiger charge is 2.24. The van der Waals surface area contributed by atoms with Crippen LogP contribution in [0.2, 0.25) is 0 Å². The number of amides is 1. The first-order valence-electron chi connectivity index (χ1n) is 11.8. The Morgan fingerprint density at radius 1 is 1.18 bits per heavy atom.